The lowest BCUT2D eigenvalue weighted by atomic mass is 9.72. The standard InChI is InChI=1S/C25H32F3NO2.3C2H6/c1-6-7-14(2)22-21(23(31)16-8-10-17(11-9-16)25(26,27)28)15(3)20-18(29-22)12-24(4,5)13-19(20)30;3*1-2/h8-11,14,19,23,30-31H,6-7,12-13H2,1-5H3;3*1-2H3. The summed E-state index contributed by atoms with van der Waals surface area (Å²) in [6.45, 7) is 22.2. The summed E-state index contributed by atoms with van der Waals surface area (Å²) >= 11 is 0. The second kappa shape index (κ2) is 15.5. The monoisotopic (exact) mass is 525 g/mol. The molecule has 0 aliphatic heterocycles. The van der Waals surface area contributed by atoms with Crippen LogP contribution < -0.4 is 0 Å². The topological polar surface area (TPSA) is 53.4 Å². The fourth-order valence-corrected chi connectivity index (χ4v) is 4.86. The van der Waals surface area contributed by atoms with Crippen LogP contribution in [0.3, 0.4) is 0 Å². The van der Waals surface area contributed by atoms with Crippen LogP contribution in [-0.4, -0.2) is 15.2 Å². The molecule has 3 atom stereocenters. The molecule has 1 aromatic heterocycles. The molecule has 1 aromatic carbocycles. The zero-order valence-electron chi connectivity index (χ0n) is 24.8. The van der Waals surface area contributed by atoms with E-state index in [9.17, 15) is 23.4 Å². The van der Waals surface area contributed by atoms with Crippen molar-refractivity contribution in [1.82, 2.24) is 4.98 Å². The highest BCUT2D eigenvalue weighted by Crippen LogP contribution is 2.45. The summed E-state index contributed by atoms with van der Waals surface area (Å²) in [5.74, 6) is 0.0790. The van der Waals surface area contributed by atoms with Gasteiger partial charge in [0.15, 0.2) is 0 Å². The van der Waals surface area contributed by atoms with Gasteiger partial charge in [-0.2, -0.15) is 13.2 Å². The number of fused-ring (bicyclic) bond motifs is 1. The van der Waals surface area contributed by atoms with Crippen LogP contribution in [0.5, 0.6) is 0 Å². The summed E-state index contributed by atoms with van der Waals surface area (Å²) in [5, 5.41) is 22.1. The van der Waals surface area contributed by atoms with Crippen molar-refractivity contribution < 1.29 is 23.4 Å². The number of pyridine rings is 1. The highest BCUT2D eigenvalue weighted by atomic mass is 19.4. The predicted octanol–water partition coefficient (Wildman–Crippen LogP) is 9.48. The minimum Gasteiger partial charge on any atom is -0.388 e. The van der Waals surface area contributed by atoms with E-state index in [0.717, 1.165) is 53.9 Å². The summed E-state index contributed by atoms with van der Waals surface area (Å²) in [6.07, 6.45) is -3.06. The molecule has 2 N–H and O–H groups in total. The van der Waals surface area contributed by atoms with E-state index >= 15 is 0 Å². The number of benzene rings is 1. The Hall–Kier alpha value is -1.92. The van der Waals surface area contributed by atoms with Crippen molar-refractivity contribution in [2.75, 3.05) is 0 Å². The summed E-state index contributed by atoms with van der Waals surface area (Å²) in [4.78, 5) is 4.94. The molecule has 0 spiro atoms. The van der Waals surface area contributed by atoms with Gasteiger partial charge in [0.25, 0.3) is 0 Å². The number of hydrogen-bond acceptors (Lipinski definition) is 3. The molecule has 0 amide bonds. The first-order valence-electron chi connectivity index (χ1n) is 13.9. The van der Waals surface area contributed by atoms with Gasteiger partial charge >= 0.3 is 6.18 Å². The maximum Gasteiger partial charge on any atom is 0.416 e. The molecule has 1 aliphatic carbocycles. The number of hydrogen-bond donors (Lipinski definition) is 2. The molecule has 3 unspecified atom stereocenters. The normalized spacial score (nSPS) is 17.5. The Morgan fingerprint density at radius 1 is 1.03 bits per heavy atom. The largest absolute Gasteiger partial charge is 0.416 e. The van der Waals surface area contributed by atoms with Gasteiger partial charge in [-0.1, -0.05) is 87.8 Å². The van der Waals surface area contributed by atoms with Crippen molar-refractivity contribution in [3.8, 4) is 0 Å². The molecule has 3 rings (SSSR count). The van der Waals surface area contributed by atoms with Crippen LogP contribution >= 0.6 is 0 Å². The first kappa shape index (κ1) is 35.1. The molecule has 37 heavy (non-hydrogen) atoms. The molecule has 6 heteroatoms. The van der Waals surface area contributed by atoms with E-state index in [1.165, 1.54) is 12.1 Å². The van der Waals surface area contributed by atoms with E-state index in [0.29, 0.717) is 17.5 Å². The molecule has 1 aliphatic rings. The number of aliphatic hydroxyl groups is 2. The van der Waals surface area contributed by atoms with E-state index in [2.05, 4.69) is 27.7 Å². The maximum atomic E-state index is 13.0. The van der Waals surface area contributed by atoms with Crippen LogP contribution in [-0.2, 0) is 12.6 Å². The number of nitrogens with zero attached hydrogens (tertiary/aromatic N) is 1. The Morgan fingerprint density at radius 2 is 1.54 bits per heavy atom. The smallest absolute Gasteiger partial charge is 0.388 e. The Labute approximate surface area is 223 Å². The van der Waals surface area contributed by atoms with Crippen LogP contribution in [0, 0.1) is 12.3 Å². The van der Waals surface area contributed by atoms with E-state index in [1.54, 1.807) is 0 Å². The number of aliphatic hydroxyl groups excluding tert-OH is 2. The molecule has 1 heterocycles. The molecule has 2 aromatic rings. The molecule has 0 saturated carbocycles. The Balaban J connectivity index is 0.00000201. The molecular formula is C31H50F3NO2. The zero-order chi connectivity index (χ0) is 29.1. The van der Waals surface area contributed by atoms with Gasteiger partial charge in [0, 0.05) is 22.5 Å². The van der Waals surface area contributed by atoms with Crippen LogP contribution in [0.2, 0.25) is 0 Å². The third-order valence-corrected chi connectivity index (χ3v) is 6.39. The average Bonchev–Trinajstić information content (AvgIpc) is 2.85. The SMILES string of the molecule is CC.CC.CC.CCCC(C)c1nc2c(c(C)c1C(O)c1ccc(C(F)(F)F)cc1)C(O)CC(C)(C)C2. The first-order chi connectivity index (χ1) is 17.4. The van der Waals surface area contributed by atoms with Gasteiger partial charge in [-0.05, 0) is 60.8 Å². The second-order valence-corrected chi connectivity index (χ2v) is 9.67. The van der Waals surface area contributed by atoms with E-state index in [1.807, 2.05) is 48.5 Å². The molecule has 0 radical (unpaired) electrons. The fourth-order valence-electron chi connectivity index (χ4n) is 4.86. The van der Waals surface area contributed by atoms with Crippen molar-refractivity contribution in [3.63, 3.8) is 0 Å². The molecule has 0 fully saturated rings. The number of alkyl halides is 3. The summed E-state index contributed by atoms with van der Waals surface area (Å²) in [6, 6.07) is 4.62. The van der Waals surface area contributed by atoms with Gasteiger partial charge in [0.1, 0.15) is 6.10 Å². The van der Waals surface area contributed by atoms with E-state index in [4.69, 9.17) is 4.98 Å². The van der Waals surface area contributed by atoms with Crippen molar-refractivity contribution in [3.05, 3.63) is 63.5 Å². The van der Waals surface area contributed by atoms with Gasteiger partial charge in [-0.3, -0.25) is 4.98 Å². The third kappa shape index (κ3) is 8.81. The third-order valence-electron chi connectivity index (χ3n) is 6.39. The van der Waals surface area contributed by atoms with Gasteiger partial charge in [-0.25, -0.2) is 0 Å². The molecule has 0 bridgehead atoms. The predicted molar refractivity (Wildman–Crippen MR) is 149 cm³/mol. The Bertz CT molecular complexity index is 937. The van der Waals surface area contributed by atoms with E-state index < -0.39 is 23.9 Å². The second-order valence-electron chi connectivity index (χ2n) is 9.67. The lowest BCUT2D eigenvalue weighted by Crippen LogP contribution is -2.29. The maximum absolute atomic E-state index is 13.0. The molecule has 212 valence electrons. The van der Waals surface area contributed by atoms with Gasteiger partial charge in [-0.15, -0.1) is 0 Å². The highest BCUT2D eigenvalue weighted by molar-refractivity contribution is 5.48. The van der Waals surface area contributed by atoms with Crippen LogP contribution in [0.25, 0.3) is 0 Å². The van der Waals surface area contributed by atoms with Crippen molar-refractivity contribution in [2.24, 2.45) is 5.41 Å². The van der Waals surface area contributed by atoms with Gasteiger partial charge in [0.2, 0.25) is 0 Å². The van der Waals surface area contributed by atoms with E-state index in [-0.39, 0.29) is 11.3 Å². The lowest BCUT2D eigenvalue weighted by Gasteiger charge is -2.37. The number of halogens is 3. The summed E-state index contributed by atoms with van der Waals surface area (Å²) in [5.41, 5.74) is 3.35. The number of aromatic nitrogens is 1. The van der Waals surface area contributed by atoms with Crippen LogP contribution in [0.1, 0.15) is 146 Å². The first-order valence-corrected chi connectivity index (χ1v) is 13.9. The molecule has 3 nitrogen and oxygen atoms in total. The minimum atomic E-state index is -4.43. The van der Waals surface area contributed by atoms with Crippen molar-refractivity contribution in [1.29, 1.82) is 0 Å². The van der Waals surface area contributed by atoms with Crippen LogP contribution in [0.15, 0.2) is 24.3 Å². The van der Waals surface area contributed by atoms with Gasteiger partial charge < -0.3 is 10.2 Å². The lowest BCUT2D eigenvalue weighted by molar-refractivity contribution is -0.137. The minimum absolute atomic E-state index is 0.0787. The Kier molecular flexibility index (Phi) is 14.7. The highest BCUT2D eigenvalue weighted by Gasteiger charge is 2.36. The summed E-state index contributed by atoms with van der Waals surface area (Å²) < 4.78 is 38.9. The number of rotatable bonds is 5. The summed E-state index contributed by atoms with van der Waals surface area (Å²) in [7, 11) is 0. The fraction of sp³-hybridized carbons (Fsp3) is 0.645. The molecular weight excluding hydrogens is 475 g/mol. The van der Waals surface area contributed by atoms with Crippen molar-refractivity contribution in [2.45, 2.75) is 126 Å². The van der Waals surface area contributed by atoms with Crippen molar-refractivity contribution >= 4 is 0 Å². The Morgan fingerprint density at radius 3 is 2.00 bits per heavy atom. The average molecular weight is 526 g/mol. The van der Waals surface area contributed by atoms with Gasteiger partial charge in [0.05, 0.1) is 11.7 Å². The molecule has 0 saturated heterocycles. The zero-order valence-corrected chi connectivity index (χ0v) is 24.8. The van der Waals surface area contributed by atoms with Crippen LogP contribution in [0.4, 0.5) is 13.2 Å². The quantitative estimate of drug-likeness (QED) is 0.409.